The summed E-state index contributed by atoms with van der Waals surface area (Å²) < 4.78 is 31.7. The van der Waals surface area contributed by atoms with Crippen LogP contribution in [-0.2, 0) is 10.1 Å². The predicted octanol–water partition coefficient (Wildman–Crippen LogP) is -2.51. The van der Waals surface area contributed by atoms with Crippen LogP contribution in [0.2, 0.25) is 0 Å². The van der Waals surface area contributed by atoms with Gasteiger partial charge in [-0.3, -0.25) is 0 Å². The molecule has 1 rings (SSSR count). The Labute approximate surface area is 89.1 Å². The van der Waals surface area contributed by atoms with Gasteiger partial charge in [0.05, 0.1) is 4.90 Å². The van der Waals surface area contributed by atoms with Crippen LogP contribution < -0.4 is 24.6 Å². The van der Waals surface area contributed by atoms with E-state index in [2.05, 4.69) is 0 Å². The minimum absolute atomic E-state index is 0. The summed E-state index contributed by atoms with van der Waals surface area (Å²) in [6.45, 7) is 1.53. The molecule has 0 heterocycles. The average Bonchev–Trinajstić information content (AvgIpc) is 1.83. The maximum absolute atomic E-state index is 10.6. The number of rotatable bonds is 1. The van der Waals surface area contributed by atoms with Crippen LogP contribution in [-0.4, -0.2) is 13.0 Å². The third-order valence-corrected chi connectivity index (χ3v) is 2.47. The van der Waals surface area contributed by atoms with Crippen LogP contribution in [0.15, 0.2) is 23.1 Å². The predicted molar refractivity (Wildman–Crippen MR) is 43.6 cm³/mol. The fourth-order valence-electron chi connectivity index (χ4n) is 0.953. The summed E-state index contributed by atoms with van der Waals surface area (Å²) in [5.74, 6) is 0. The second-order valence-electron chi connectivity index (χ2n) is 2.48. The van der Waals surface area contributed by atoms with Gasteiger partial charge in [-0.1, -0.05) is 0 Å². The Kier molecular flexibility index (Phi) is 4.01. The maximum Gasteiger partial charge on any atom is 1.00 e. The summed E-state index contributed by atoms with van der Waals surface area (Å²) in [5, 5.41) is 0. The van der Waals surface area contributed by atoms with Gasteiger partial charge in [-0.25, -0.2) is 8.42 Å². The minimum Gasteiger partial charge on any atom is -0.744 e. The van der Waals surface area contributed by atoms with E-state index >= 15 is 0 Å². The molecule has 66 valence electrons. The summed E-state index contributed by atoms with van der Waals surface area (Å²) in [6.07, 6.45) is 0. The number of hydrogen-bond acceptors (Lipinski definition) is 4. The van der Waals surface area contributed by atoms with Crippen molar-refractivity contribution in [2.45, 2.75) is 11.8 Å². The van der Waals surface area contributed by atoms with E-state index in [1.807, 2.05) is 0 Å². The van der Waals surface area contributed by atoms with E-state index in [1.165, 1.54) is 25.1 Å². The molecular weight excluding hydrogens is 185 g/mol. The number of nitrogen functional groups attached to an aromatic ring is 1. The fourth-order valence-corrected chi connectivity index (χ4v) is 1.64. The molecule has 6 heteroatoms. The molecule has 2 N–H and O–H groups in total. The molecular formula is C7H8LiNO3S. The van der Waals surface area contributed by atoms with E-state index in [0.29, 0.717) is 11.3 Å². The maximum atomic E-state index is 10.6. The van der Waals surface area contributed by atoms with Gasteiger partial charge in [-0.05, 0) is 30.7 Å². The number of benzene rings is 1. The SMILES string of the molecule is Cc1cc(N)ccc1S(=O)(=O)[O-].[Li+]. The van der Waals surface area contributed by atoms with Crippen LogP contribution in [0, 0.1) is 6.92 Å². The Balaban J connectivity index is 0.00000144. The smallest absolute Gasteiger partial charge is 0.744 e. The first kappa shape index (κ1) is 12.5. The van der Waals surface area contributed by atoms with Gasteiger partial charge >= 0.3 is 18.9 Å². The van der Waals surface area contributed by atoms with Crippen LogP contribution in [0.5, 0.6) is 0 Å². The molecule has 0 saturated carbocycles. The first-order valence-electron chi connectivity index (χ1n) is 3.23. The minimum atomic E-state index is -4.36. The second kappa shape index (κ2) is 4.16. The third-order valence-electron chi connectivity index (χ3n) is 1.47. The van der Waals surface area contributed by atoms with E-state index in [4.69, 9.17) is 5.73 Å². The molecule has 0 spiro atoms. The summed E-state index contributed by atoms with van der Waals surface area (Å²) in [4.78, 5) is -0.211. The van der Waals surface area contributed by atoms with E-state index in [9.17, 15) is 13.0 Å². The van der Waals surface area contributed by atoms with Gasteiger partial charge in [0.15, 0.2) is 0 Å². The first-order chi connectivity index (χ1) is 5.41. The van der Waals surface area contributed by atoms with Crippen molar-refractivity contribution in [3.8, 4) is 0 Å². The van der Waals surface area contributed by atoms with Crippen molar-refractivity contribution in [1.29, 1.82) is 0 Å². The molecule has 0 bridgehead atoms. The molecule has 13 heavy (non-hydrogen) atoms. The monoisotopic (exact) mass is 193 g/mol. The Morgan fingerprint density at radius 3 is 2.31 bits per heavy atom. The largest absolute Gasteiger partial charge is 1.00 e. The Morgan fingerprint density at radius 1 is 1.38 bits per heavy atom. The molecule has 0 saturated heterocycles. The average molecular weight is 193 g/mol. The summed E-state index contributed by atoms with van der Waals surface area (Å²) in [7, 11) is -4.36. The van der Waals surface area contributed by atoms with Crippen molar-refractivity contribution in [1.82, 2.24) is 0 Å². The molecule has 0 aliphatic rings. The normalized spacial score (nSPS) is 10.6. The number of aryl methyl sites for hydroxylation is 1. The summed E-state index contributed by atoms with van der Waals surface area (Å²) >= 11 is 0. The molecule has 0 fully saturated rings. The Bertz CT molecular complexity index is 402. The zero-order chi connectivity index (χ0) is 9.35. The van der Waals surface area contributed by atoms with Crippen molar-refractivity contribution >= 4 is 15.8 Å². The van der Waals surface area contributed by atoms with Gasteiger partial charge < -0.3 is 10.3 Å². The van der Waals surface area contributed by atoms with Crippen LogP contribution in [0.25, 0.3) is 0 Å². The van der Waals surface area contributed by atoms with E-state index in [1.54, 1.807) is 0 Å². The molecule has 0 aliphatic heterocycles. The van der Waals surface area contributed by atoms with Crippen molar-refractivity contribution in [3.05, 3.63) is 23.8 Å². The van der Waals surface area contributed by atoms with Gasteiger partial charge in [-0.15, -0.1) is 0 Å². The van der Waals surface area contributed by atoms with Crippen molar-refractivity contribution in [3.63, 3.8) is 0 Å². The zero-order valence-electron chi connectivity index (χ0n) is 7.44. The molecule has 0 aromatic heterocycles. The van der Waals surface area contributed by atoms with Crippen LogP contribution in [0.1, 0.15) is 5.56 Å². The molecule has 0 atom stereocenters. The fraction of sp³-hybridized carbons (Fsp3) is 0.143. The zero-order valence-corrected chi connectivity index (χ0v) is 8.26. The van der Waals surface area contributed by atoms with Gasteiger partial charge in [0.1, 0.15) is 10.1 Å². The quantitative estimate of drug-likeness (QED) is 0.303. The Morgan fingerprint density at radius 2 is 1.92 bits per heavy atom. The molecule has 0 unspecified atom stereocenters. The molecule has 0 amide bonds. The molecule has 4 nitrogen and oxygen atoms in total. The molecule has 0 aliphatic carbocycles. The second-order valence-corrected chi connectivity index (χ2v) is 3.83. The third kappa shape index (κ3) is 3.05. The van der Waals surface area contributed by atoms with Gasteiger partial charge in [-0.2, -0.15) is 0 Å². The van der Waals surface area contributed by atoms with E-state index < -0.39 is 10.1 Å². The number of hydrogen-bond donors (Lipinski definition) is 1. The molecule has 1 aromatic rings. The van der Waals surface area contributed by atoms with Crippen LogP contribution in [0.4, 0.5) is 5.69 Å². The van der Waals surface area contributed by atoms with Crippen molar-refractivity contribution in [2.75, 3.05) is 5.73 Å². The topological polar surface area (TPSA) is 83.2 Å². The first-order valence-corrected chi connectivity index (χ1v) is 4.64. The molecule has 0 radical (unpaired) electrons. The van der Waals surface area contributed by atoms with E-state index in [0.717, 1.165) is 0 Å². The van der Waals surface area contributed by atoms with Gasteiger partial charge in [0.2, 0.25) is 0 Å². The summed E-state index contributed by atoms with van der Waals surface area (Å²) in [6, 6.07) is 4.05. The van der Waals surface area contributed by atoms with E-state index in [-0.39, 0.29) is 23.8 Å². The summed E-state index contributed by atoms with van der Waals surface area (Å²) in [5.41, 5.74) is 6.20. The van der Waals surface area contributed by atoms with Crippen molar-refractivity contribution < 1.29 is 31.8 Å². The van der Waals surface area contributed by atoms with Crippen LogP contribution in [0.3, 0.4) is 0 Å². The van der Waals surface area contributed by atoms with Crippen molar-refractivity contribution in [2.24, 2.45) is 0 Å². The Hall–Kier alpha value is -0.473. The number of nitrogens with two attached hydrogens (primary N) is 1. The standard InChI is InChI=1S/C7H9NO3S.Li/c1-5-4-6(8)2-3-7(5)12(9,10)11;/h2-4H,8H2,1H3,(H,9,10,11);/q;+1/p-1. The molecule has 1 aromatic carbocycles. The van der Waals surface area contributed by atoms with Gasteiger partial charge in [0.25, 0.3) is 0 Å². The van der Waals surface area contributed by atoms with Gasteiger partial charge in [0, 0.05) is 5.69 Å². The number of anilines is 1. The van der Waals surface area contributed by atoms with Crippen LogP contribution >= 0.6 is 0 Å².